The van der Waals surface area contributed by atoms with Crippen LogP contribution in [0, 0.1) is 6.92 Å². The number of rotatable bonds is 2. The van der Waals surface area contributed by atoms with Crippen LogP contribution in [0.25, 0.3) is 0 Å². The van der Waals surface area contributed by atoms with Gasteiger partial charge >= 0.3 is 0 Å². The highest BCUT2D eigenvalue weighted by molar-refractivity contribution is 5.86. The van der Waals surface area contributed by atoms with E-state index in [9.17, 15) is 4.79 Å². The zero-order chi connectivity index (χ0) is 14.9. The van der Waals surface area contributed by atoms with Gasteiger partial charge in [0.15, 0.2) is 5.82 Å². The first-order valence-corrected chi connectivity index (χ1v) is 7.97. The summed E-state index contributed by atoms with van der Waals surface area (Å²) in [4.78, 5) is 19.0. The van der Waals surface area contributed by atoms with E-state index in [2.05, 4.69) is 10.1 Å². The average molecular weight is 292 g/mol. The van der Waals surface area contributed by atoms with Crippen LogP contribution in [-0.4, -0.2) is 39.6 Å². The van der Waals surface area contributed by atoms with Crippen molar-refractivity contribution in [3.63, 3.8) is 0 Å². The second-order valence-electron chi connectivity index (χ2n) is 6.49. The second-order valence-corrected chi connectivity index (χ2v) is 6.49. The largest absolute Gasteiger partial charge is 0.340 e. The first-order valence-electron chi connectivity index (χ1n) is 7.97. The van der Waals surface area contributed by atoms with Crippen molar-refractivity contribution >= 4 is 5.91 Å². The highest BCUT2D eigenvalue weighted by Gasteiger charge is 2.40. The summed E-state index contributed by atoms with van der Waals surface area (Å²) in [5.74, 6) is 1.56. The number of piperidine rings is 1. The fourth-order valence-corrected chi connectivity index (χ4v) is 3.55. The molecule has 116 valence electrons. The van der Waals surface area contributed by atoms with Crippen molar-refractivity contribution in [3.8, 4) is 0 Å². The molecule has 3 rings (SSSR count). The van der Waals surface area contributed by atoms with Crippen LogP contribution in [0.5, 0.6) is 0 Å². The Kier molecular flexibility index (Phi) is 3.97. The Morgan fingerprint density at radius 3 is 2.76 bits per heavy atom. The Bertz CT molecular complexity index is 508. The lowest BCUT2D eigenvalue weighted by Crippen LogP contribution is -2.57. The molecule has 0 radical (unpaired) electrons. The summed E-state index contributed by atoms with van der Waals surface area (Å²) in [5.41, 5.74) is 5.73. The van der Waals surface area contributed by atoms with Gasteiger partial charge in [0.25, 0.3) is 0 Å². The van der Waals surface area contributed by atoms with Crippen LogP contribution in [0.4, 0.5) is 0 Å². The summed E-state index contributed by atoms with van der Waals surface area (Å²) in [6.45, 7) is 3.26. The lowest BCUT2D eigenvalue weighted by molar-refractivity contribution is -0.139. The quantitative estimate of drug-likeness (QED) is 0.897. The molecular weight excluding hydrogens is 268 g/mol. The van der Waals surface area contributed by atoms with Crippen molar-refractivity contribution in [2.75, 3.05) is 13.1 Å². The third-order valence-corrected chi connectivity index (χ3v) is 4.77. The summed E-state index contributed by atoms with van der Waals surface area (Å²) in [6.07, 6.45) is 6.89. The molecule has 0 aromatic carbocycles. The summed E-state index contributed by atoms with van der Waals surface area (Å²) >= 11 is 0. The maximum absolute atomic E-state index is 12.8. The van der Waals surface area contributed by atoms with E-state index in [1.165, 1.54) is 6.42 Å². The van der Waals surface area contributed by atoms with Crippen molar-refractivity contribution in [3.05, 3.63) is 11.7 Å². The molecule has 1 atom stereocenters. The molecule has 1 aromatic heterocycles. The van der Waals surface area contributed by atoms with E-state index in [1.54, 1.807) is 0 Å². The molecule has 6 heteroatoms. The number of nitrogens with zero attached hydrogens (tertiary/aromatic N) is 3. The van der Waals surface area contributed by atoms with Crippen LogP contribution in [0.1, 0.15) is 62.6 Å². The monoisotopic (exact) mass is 292 g/mol. The van der Waals surface area contributed by atoms with Crippen molar-refractivity contribution < 1.29 is 9.32 Å². The standard InChI is InChI=1S/C15H24N4O2/c1-11-17-13(21-18-11)12-6-5-9-19(10-12)14(20)15(16)7-3-2-4-8-15/h12H,2-10,16H2,1H3. The summed E-state index contributed by atoms with van der Waals surface area (Å²) in [7, 11) is 0. The number of carbonyl (C=O) groups is 1. The summed E-state index contributed by atoms with van der Waals surface area (Å²) in [6, 6.07) is 0. The predicted octanol–water partition coefficient (Wildman–Crippen LogP) is 1.75. The number of hydrogen-bond donors (Lipinski definition) is 1. The molecule has 1 saturated heterocycles. The van der Waals surface area contributed by atoms with Gasteiger partial charge in [-0.15, -0.1) is 0 Å². The minimum atomic E-state index is -0.648. The Morgan fingerprint density at radius 1 is 1.33 bits per heavy atom. The Hall–Kier alpha value is -1.43. The molecule has 1 aliphatic carbocycles. The van der Waals surface area contributed by atoms with E-state index in [-0.39, 0.29) is 11.8 Å². The van der Waals surface area contributed by atoms with Crippen LogP contribution < -0.4 is 5.73 Å². The number of amides is 1. The van der Waals surface area contributed by atoms with Gasteiger partial charge in [0.2, 0.25) is 11.8 Å². The van der Waals surface area contributed by atoms with Crippen LogP contribution in [0.3, 0.4) is 0 Å². The molecule has 1 aliphatic heterocycles. The van der Waals surface area contributed by atoms with Crippen molar-refractivity contribution in [1.82, 2.24) is 15.0 Å². The van der Waals surface area contributed by atoms with Crippen LogP contribution in [0.2, 0.25) is 0 Å². The number of likely N-dealkylation sites (tertiary alicyclic amines) is 1. The van der Waals surface area contributed by atoms with Gasteiger partial charge in [-0.2, -0.15) is 4.98 Å². The lowest BCUT2D eigenvalue weighted by Gasteiger charge is -2.39. The lowest BCUT2D eigenvalue weighted by atomic mass is 9.81. The minimum Gasteiger partial charge on any atom is -0.340 e. The molecule has 21 heavy (non-hydrogen) atoms. The summed E-state index contributed by atoms with van der Waals surface area (Å²) < 4.78 is 5.27. The fourth-order valence-electron chi connectivity index (χ4n) is 3.55. The molecule has 1 saturated carbocycles. The van der Waals surface area contributed by atoms with E-state index in [4.69, 9.17) is 10.3 Å². The summed E-state index contributed by atoms with van der Waals surface area (Å²) in [5, 5.41) is 3.85. The molecular formula is C15H24N4O2. The van der Waals surface area contributed by atoms with E-state index in [0.29, 0.717) is 18.3 Å². The van der Waals surface area contributed by atoms with Crippen LogP contribution in [0.15, 0.2) is 4.52 Å². The van der Waals surface area contributed by atoms with E-state index >= 15 is 0 Å². The van der Waals surface area contributed by atoms with Gasteiger partial charge in [0.1, 0.15) is 0 Å². The molecule has 2 fully saturated rings. The highest BCUT2D eigenvalue weighted by atomic mass is 16.5. The van der Waals surface area contributed by atoms with Crippen LogP contribution >= 0.6 is 0 Å². The number of carbonyl (C=O) groups excluding carboxylic acids is 1. The van der Waals surface area contributed by atoms with E-state index < -0.39 is 5.54 Å². The highest BCUT2D eigenvalue weighted by Crippen LogP contribution is 2.31. The van der Waals surface area contributed by atoms with Gasteiger partial charge < -0.3 is 15.2 Å². The molecule has 2 heterocycles. The van der Waals surface area contributed by atoms with Gasteiger partial charge in [-0.1, -0.05) is 24.4 Å². The SMILES string of the molecule is Cc1noc(C2CCCN(C(=O)C3(N)CCCCC3)C2)n1. The average Bonchev–Trinajstić information content (AvgIpc) is 2.94. The Balaban J connectivity index is 1.69. The Labute approximate surface area is 125 Å². The maximum atomic E-state index is 12.8. The number of aryl methyl sites for hydroxylation is 1. The number of hydrogen-bond acceptors (Lipinski definition) is 5. The molecule has 0 spiro atoms. The van der Waals surface area contributed by atoms with E-state index in [1.807, 2.05) is 11.8 Å². The van der Waals surface area contributed by atoms with Crippen molar-refractivity contribution in [2.45, 2.75) is 63.3 Å². The molecule has 1 unspecified atom stereocenters. The second kappa shape index (κ2) is 5.75. The third kappa shape index (κ3) is 2.95. The molecule has 2 aliphatic rings. The molecule has 0 bridgehead atoms. The topological polar surface area (TPSA) is 85.2 Å². The predicted molar refractivity (Wildman–Crippen MR) is 77.6 cm³/mol. The van der Waals surface area contributed by atoms with Gasteiger partial charge in [-0.05, 0) is 32.6 Å². The molecule has 2 N–H and O–H groups in total. The Morgan fingerprint density at radius 2 is 2.10 bits per heavy atom. The van der Waals surface area contributed by atoms with Crippen molar-refractivity contribution in [2.24, 2.45) is 5.73 Å². The van der Waals surface area contributed by atoms with Gasteiger partial charge in [-0.25, -0.2) is 0 Å². The molecule has 6 nitrogen and oxygen atoms in total. The normalized spacial score (nSPS) is 25.8. The van der Waals surface area contributed by atoms with Gasteiger partial charge in [0, 0.05) is 13.1 Å². The number of aromatic nitrogens is 2. The first kappa shape index (κ1) is 14.5. The van der Waals surface area contributed by atoms with E-state index in [0.717, 1.165) is 45.1 Å². The molecule has 1 aromatic rings. The molecule has 1 amide bonds. The van der Waals surface area contributed by atoms with Gasteiger partial charge in [-0.3, -0.25) is 4.79 Å². The minimum absolute atomic E-state index is 0.114. The zero-order valence-electron chi connectivity index (χ0n) is 12.7. The third-order valence-electron chi connectivity index (χ3n) is 4.77. The smallest absolute Gasteiger partial charge is 0.242 e. The van der Waals surface area contributed by atoms with Crippen LogP contribution in [-0.2, 0) is 4.79 Å². The maximum Gasteiger partial charge on any atom is 0.242 e. The number of nitrogens with two attached hydrogens (primary N) is 1. The first-order chi connectivity index (χ1) is 10.1. The van der Waals surface area contributed by atoms with Gasteiger partial charge in [0.05, 0.1) is 11.5 Å². The zero-order valence-corrected chi connectivity index (χ0v) is 12.7. The van der Waals surface area contributed by atoms with Crippen molar-refractivity contribution in [1.29, 1.82) is 0 Å². The fraction of sp³-hybridized carbons (Fsp3) is 0.800.